The maximum Gasteiger partial charge on any atom is 0.0637 e. The van der Waals surface area contributed by atoms with Gasteiger partial charge in [0.15, 0.2) is 0 Å². The topological polar surface area (TPSA) is 12.0 Å². The molecule has 0 bridgehead atoms. The van der Waals surface area contributed by atoms with Crippen LogP contribution in [0.4, 0.5) is 0 Å². The molecule has 88 valence electrons. The van der Waals surface area contributed by atoms with Crippen LogP contribution >= 0.6 is 23.2 Å². The second-order valence-electron chi connectivity index (χ2n) is 4.48. The fraction of sp³-hybridized carbons (Fsp3) is 0.538. The van der Waals surface area contributed by atoms with Crippen LogP contribution in [-0.4, -0.2) is 6.54 Å². The minimum Gasteiger partial charge on any atom is -0.313 e. The maximum atomic E-state index is 6.10. The Morgan fingerprint density at radius 3 is 2.75 bits per heavy atom. The molecule has 0 heterocycles. The van der Waals surface area contributed by atoms with E-state index >= 15 is 0 Å². The lowest BCUT2D eigenvalue weighted by Crippen LogP contribution is -2.21. The quantitative estimate of drug-likeness (QED) is 0.777. The number of nitrogens with one attached hydrogen (secondary N) is 1. The summed E-state index contributed by atoms with van der Waals surface area (Å²) in [4.78, 5) is 0. The summed E-state index contributed by atoms with van der Waals surface area (Å²) in [5, 5.41) is 4.75. The van der Waals surface area contributed by atoms with Gasteiger partial charge in [-0.3, -0.25) is 0 Å². The SMILES string of the molecule is Clc1cccc(CNCCC2CCC2)c1Cl. The van der Waals surface area contributed by atoms with Crippen LogP contribution in [0.1, 0.15) is 31.2 Å². The van der Waals surface area contributed by atoms with Crippen LogP contribution in [0.25, 0.3) is 0 Å². The average molecular weight is 258 g/mol. The molecule has 0 atom stereocenters. The Balaban J connectivity index is 1.73. The highest BCUT2D eigenvalue weighted by Crippen LogP contribution is 2.29. The minimum atomic E-state index is 0.639. The van der Waals surface area contributed by atoms with Gasteiger partial charge in [0.05, 0.1) is 10.0 Å². The van der Waals surface area contributed by atoms with Crippen LogP contribution in [0, 0.1) is 5.92 Å². The van der Waals surface area contributed by atoms with E-state index < -0.39 is 0 Å². The van der Waals surface area contributed by atoms with Crippen molar-refractivity contribution in [1.29, 1.82) is 0 Å². The molecule has 1 aromatic rings. The molecule has 0 amide bonds. The van der Waals surface area contributed by atoms with Crippen molar-refractivity contribution in [3.05, 3.63) is 33.8 Å². The normalized spacial score (nSPS) is 16.1. The molecule has 2 rings (SSSR count). The van der Waals surface area contributed by atoms with Crippen LogP contribution in [-0.2, 0) is 6.54 Å². The minimum absolute atomic E-state index is 0.639. The molecule has 0 radical (unpaired) electrons. The van der Waals surface area contributed by atoms with E-state index in [1.807, 2.05) is 18.2 Å². The maximum absolute atomic E-state index is 6.10. The molecule has 3 heteroatoms. The Hall–Kier alpha value is -0.240. The van der Waals surface area contributed by atoms with Gasteiger partial charge in [-0.2, -0.15) is 0 Å². The van der Waals surface area contributed by atoms with Gasteiger partial charge in [0, 0.05) is 6.54 Å². The number of hydrogen-bond donors (Lipinski definition) is 1. The van der Waals surface area contributed by atoms with Crippen LogP contribution in [0.2, 0.25) is 10.0 Å². The van der Waals surface area contributed by atoms with Gasteiger partial charge in [-0.05, 0) is 30.5 Å². The van der Waals surface area contributed by atoms with Gasteiger partial charge < -0.3 is 5.32 Å². The van der Waals surface area contributed by atoms with Crippen LogP contribution in [0.15, 0.2) is 18.2 Å². The molecule has 0 aliphatic heterocycles. The lowest BCUT2D eigenvalue weighted by Gasteiger charge is -2.25. The summed E-state index contributed by atoms with van der Waals surface area (Å²) in [6, 6.07) is 5.78. The smallest absolute Gasteiger partial charge is 0.0637 e. The summed E-state index contributed by atoms with van der Waals surface area (Å²) in [6.45, 7) is 1.89. The standard InChI is InChI=1S/C13H17Cl2N/c14-12-6-2-5-11(13(12)15)9-16-8-7-10-3-1-4-10/h2,5-6,10,16H,1,3-4,7-9H2. The molecule has 0 unspecified atom stereocenters. The summed E-state index contributed by atoms with van der Waals surface area (Å²) in [5.74, 6) is 0.960. The predicted octanol–water partition coefficient (Wildman–Crippen LogP) is 4.27. The summed E-state index contributed by atoms with van der Waals surface area (Å²) in [5.41, 5.74) is 1.09. The van der Waals surface area contributed by atoms with Crippen molar-refractivity contribution >= 4 is 23.2 Å². The second kappa shape index (κ2) is 5.90. The lowest BCUT2D eigenvalue weighted by molar-refractivity contribution is 0.292. The Morgan fingerprint density at radius 2 is 2.06 bits per heavy atom. The summed E-state index contributed by atoms with van der Waals surface area (Å²) in [6.07, 6.45) is 5.54. The summed E-state index contributed by atoms with van der Waals surface area (Å²) < 4.78 is 0. The predicted molar refractivity (Wildman–Crippen MR) is 70.1 cm³/mol. The Kier molecular flexibility index (Phi) is 4.51. The van der Waals surface area contributed by atoms with E-state index in [0.717, 1.165) is 24.6 Å². The van der Waals surface area contributed by atoms with E-state index in [1.165, 1.54) is 25.7 Å². The molecular formula is C13H17Cl2N. The van der Waals surface area contributed by atoms with E-state index in [2.05, 4.69) is 5.32 Å². The molecule has 1 aliphatic rings. The molecule has 1 fully saturated rings. The first-order valence-corrected chi connectivity index (χ1v) is 6.66. The number of hydrogen-bond acceptors (Lipinski definition) is 1. The molecule has 0 spiro atoms. The van der Waals surface area contributed by atoms with E-state index in [1.54, 1.807) is 0 Å². The third-order valence-electron chi connectivity index (χ3n) is 3.30. The van der Waals surface area contributed by atoms with Crippen molar-refractivity contribution in [2.24, 2.45) is 5.92 Å². The van der Waals surface area contributed by atoms with E-state index in [9.17, 15) is 0 Å². The van der Waals surface area contributed by atoms with Gasteiger partial charge in [-0.1, -0.05) is 54.6 Å². The van der Waals surface area contributed by atoms with E-state index in [0.29, 0.717) is 10.0 Å². The third-order valence-corrected chi connectivity index (χ3v) is 4.16. The van der Waals surface area contributed by atoms with Crippen molar-refractivity contribution < 1.29 is 0 Å². The highest BCUT2D eigenvalue weighted by molar-refractivity contribution is 6.42. The van der Waals surface area contributed by atoms with Crippen molar-refractivity contribution in [1.82, 2.24) is 5.32 Å². The monoisotopic (exact) mass is 257 g/mol. The first-order chi connectivity index (χ1) is 7.77. The Labute approximate surface area is 107 Å². The van der Waals surface area contributed by atoms with Crippen molar-refractivity contribution in [2.45, 2.75) is 32.2 Å². The molecule has 1 saturated carbocycles. The first-order valence-electron chi connectivity index (χ1n) is 5.91. The van der Waals surface area contributed by atoms with Gasteiger partial charge >= 0.3 is 0 Å². The fourth-order valence-electron chi connectivity index (χ4n) is 2.00. The van der Waals surface area contributed by atoms with E-state index in [4.69, 9.17) is 23.2 Å². The zero-order valence-electron chi connectivity index (χ0n) is 9.31. The number of benzene rings is 1. The highest BCUT2D eigenvalue weighted by Gasteiger charge is 2.16. The van der Waals surface area contributed by atoms with Crippen LogP contribution in [0.3, 0.4) is 0 Å². The molecule has 16 heavy (non-hydrogen) atoms. The van der Waals surface area contributed by atoms with Gasteiger partial charge in [0.2, 0.25) is 0 Å². The Morgan fingerprint density at radius 1 is 1.25 bits per heavy atom. The third kappa shape index (κ3) is 3.13. The van der Waals surface area contributed by atoms with Gasteiger partial charge in [0.25, 0.3) is 0 Å². The lowest BCUT2D eigenvalue weighted by atomic mass is 9.83. The molecular weight excluding hydrogens is 241 g/mol. The highest BCUT2D eigenvalue weighted by atomic mass is 35.5. The zero-order valence-corrected chi connectivity index (χ0v) is 10.8. The van der Waals surface area contributed by atoms with Gasteiger partial charge in [0.1, 0.15) is 0 Å². The van der Waals surface area contributed by atoms with E-state index in [-0.39, 0.29) is 0 Å². The number of rotatable bonds is 5. The fourth-order valence-corrected chi connectivity index (χ4v) is 2.38. The average Bonchev–Trinajstić information content (AvgIpc) is 2.21. The Bertz CT molecular complexity index is 348. The van der Waals surface area contributed by atoms with Gasteiger partial charge in [-0.15, -0.1) is 0 Å². The molecule has 1 N–H and O–H groups in total. The molecule has 0 aromatic heterocycles. The van der Waals surface area contributed by atoms with Gasteiger partial charge in [-0.25, -0.2) is 0 Å². The van der Waals surface area contributed by atoms with Crippen molar-refractivity contribution in [2.75, 3.05) is 6.54 Å². The first kappa shape index (κ1) is 12.2. The molecule has 0 saturated heterocycles. The molecule has 1 nitrogen and oxygen atoms in total. The zero-order chi connectivity index (χ0) is 11.4. The second-order valence-corrected chi connectivity index (χ2v) is 5.26. The van der Waals surface area contributed by atoms with Crippen LogP contribution < -0.4 is 5.32 Å². The summed E-state index contributed by atoms with van der Waals surface area (Å²) >= 11 is 12.1. The molecule has 1 aliphatic carbocycles. The number of halogens is 2. The van der Waals surface area contributed by atoms with Crippen molar-refractivity contribution in [3.63, 3.8) is 0 Å². The molecule has 1 aromatic carbocycles. The summed E-state index contributed by atoms with van der Waals surface area (Å²) in [7, 11) is 0. The van der Waals surface area contributed by atoms with Crippen LogP contribution in [0.5, 0.6) is 0 Å². The largest absolute Gasteiger partial charge is 0.313 e. The van der Waals surface area contributed by atoms with Crippen molar-refractivity contribution in [3.8, 4) is 0 Å².